The molecule has 31 heavy (non-hydrogen) atoms. The largest absolute Gasteiger partial charge is 0.417 e. The average Bonchev–Trinajstić information content (AvgIpc) is 2.71. The molecule has 0 N–H and O–H groups in total. The highest BCUT2D eigenvalue weighted by molar-refractivity contribution is 6.07. The molecule has 0 heterocycles. The molecule has 0 aliphatic heterocycles. The van der Waals surface area contributed by atoms with E-state index in [-0.39, 0.29) is 11.1 Å². The molecule has 0 atom stereocenters. The van der Waals surface area contributed by atoms with Crippen LogP contribution in [0, 0.1) is 6.92 Å². The van der Waals surface area contributed by atoms with Crippen LogP contribution < -0.4 is 4.90 Å². The maximum absolute atomic E-state index is 14.6. The van der Waals surface area contributed by atoms with E-state index < -0.39 is 11.7 Å². The van der Waals surface area contributed by atoms with Crippen molar-refractivity contribution in [2.75, 3.05) is 19.0 Å². The van der Waals surface area contributed by atoms with Crippen molar-refractivity contribution in [2.45, 2.75) is 32.9 Å². The molecule has 1 nitrogen and oxygen atoms in total. The van der Waals surface area contributed by atoms with Crippen LogP contribution in [-0.4, -0.2) is 20.3 Å². The van der Waals surface area contributed by atoms with E-state index in [1.54, 1.807) is 37.2 Å². The van der Waals surface area contributed by atoms with Crippen molar-refractivity contribution in [3.05, 3.63) is 89.5 Å². The topological polar surface area (TPSA) is 3.24 Å². The summed E-state index contributed by atoms with van der Waals surface area (Å²) in [6.07, 6.45) is -1.62. The van der Waals surface area contributed by atoms with Gasteiger partial charge in [-0.25, -0.2) is 0 Å². The molecule has 0 aromatic heterocycles. The first kappa shape index (κ1) is 22.7. The van der Waals surface area contributed by atoms with Crippen LogP contribution in [-0.2, 0) is 6.42 Å². The number of anilines is 1. The first-order valence-corrected chi connectivity index (χ1v) is 10.4. The minimum absolute atomic E-state index is 0.0976. The number of aryl methyl sites for hydroxylation is 2. The molecule has 0 spiro atoms. The van der Waals surface area contributed by atoms with Gasteiger partial charge in [-0.1, -0.05) is 68.5 Å². The van der Waals surface area contributed by atoms with E-state index in [9.17, 15) is 13.2 Å². The molecule has 3 aromatic rings. The normalized spacial score (nSPS) is 12.6. The summed E-state index contributed by atoms with van der Waals surface area (Å²) in [5.41, 5.74) is 2.61. The van der Waals surface area contributed by atoms with Crippen LogP contribution in [0.15, 0.2) is 67.3 Å². The van der Waals surface area contributed by atoms with Gasteiger partial charge in [-0.3, -0.25) is 0 Å². The summed E-state index contributed by atoms with van der Waals surface area (Å²) in [5, 5.41) is 1.73. The zero-order valence-corrected chi connectivity index (χ0v) is 18.5. The number of nitrogens with zero attached hydrogens (tertiary/aromatic N) is 1. The van der Waals surface area contributed by atoms with Crippen molar-refractivity contribution < 1.29 is 13.2 Å². The number of hydrogen-bond donors (Lipinski definition) is 0. The van der Waals surface area contributed by atoms with Crippen molar-refractivity contribution in [3.63, 3.8) is 0 Å². The predicted octanol–water partition coefficient (Wildman–Crippen LogP) is 7.83. The molecule has 0 aliphatic rings. The van der Waals surface area contributed by atoms with Crippen LogP contribution in [0.2, 0.25) is 0 Å². The monoisotopic (exact) mass is 423 g/mol. The summed E-state index contributed by atoms with van der Waals surface area (Å²) in [5.74, 6) is 0. The summed E-state index contributed by atoms with van der Waals surface area (Å²) in [6.45, 7) is 7.77. The van der Waals surface area contributed by atoms with Gasteiger partial charge in [-0.15, -0.1) is 0 Å². The number of alkyl halides is 3. The SMILES string of the molecule is C=C/C(=C(\c1cc(CCC)ccc1N(C)C)C(F)(F)F)c1cccc2c(C)cccc12. The van der Waals surface area contributed by atoms with E-state index >= 15 is 0 Å². The molecule has 162 valence electrons. The third-order valence-corrected chi connectivity index (χ3v) is 5.54. The summed E-state index contributed by atoms with van der Waals surface area (Å²) in [4.78, 5) is 1.73. The van der Waals surface area contributed by atoms with Crippen LogP contribution in [0.3, 0.4) is 0 Å². The van der Waals surface area contributed by atoms with E-state index in [0.717, 1.165) is 34.7 Å². The van der Waals surface area contributed by atoms with Crippen molar-refractivity contribution in [1.29, 1.82) is 0 Å². The van der Waals surface area contributed by atoms with Gasteiger partial charge < -0.3 is 4.90 Å². The molecule has 0 fully saturated rings. The van der Waals surface area contributed by atoms with Gasteiger partial charge in [0.2, 0.25) is 0 Å². The number of fused-ring (bicyclic) bond motifs is 1. The Labute approximate surface area is 182 Å². The lowest BCUT2D eigenvalue weighted by molar-refractivity contribution is -0.0684. The summed E-state index contributed by atoms with van der Waals surface area (Å²) in [7, 11) is 3.53. The first-order valence-electron chi connectivity index (χ1n) is 10.4. The fourth-order valence-corrected chi connectivity index (χ4v) is 4.12. The van der Waals surface area contributed by atoms with Gasteiger partial charge in [0.05, 0.1) is 5.57 Å². The van der Waals surface area contributed by atoms with Gasteiger partial charge in [0.1, 0.15) is 0 Å². The number of halogens is 3. The summed E-state index contributed by atoms with van der Waals surface area (Å²) < 4.78 is 43.9. The molecular weight excluding hydrogens is 395 g/mol. The Hall–Kier alpha value is -3.01. The minimum atomic E-state index is -4.55. The number of hydrogen-bond acceptors (Lipinski definition) is 1. The Morgan fingerprint density at radius 3 is 2.26 bits per heavy atom. The number of allylic oxidation sites excluding steroid dienone is 3. The fourth-order valence-electron chi connectivity index (χ4n) is 4.12. The minimum Gasteiger partial charge on any atom is -0.377 e. The smallest absolute Gasteiger partial charge is 0.377 e. The summed E-state index contributed by atoms with van der Waals surface area (Å²) >= 11 is 0. The highest BCUT2D eigenvalue weighted by Gasteiger charge is 2.39. The third-order valence-electron chi connectivity index (χ3n) is 5.54. The average molecular weight is 424 g/mol. The van der Waals surface area contributed by atoms with Gasteiger partial charge in [-0.05, 0) is 58.5 Å². The molecule has 0 amide bonds. The van der Waals surface area contributed by atoms with Crippen LogP contribution in [0.1, 0.15) is 35.6 Å². The third kappa shape index (κ3) is 4.53. The summed E-state index contributed by atoms with van der Waals surface area (Å²) in [6, 6.07) is 16.6. The standard InChI is InChI=1S/C27H28F3N/c1-6-10-19-15-16-25(31(4)5)24(17-19)26(27(28,29)30)20(7-2)22-14-9-12-21-18(3)11-8-13-23(21)22/h7-9,11-17H,2,6,10H2,1,3-5H3/b26-20-. The van der Waals surface area contributed by atoms with E-state index in [2.05, 4.69) is 6.58 Å². The zero-order chi connectivity index (χ0) is 22.8. The van der Waals surface area contributed by atoms with Crippen LogP contribution >= 0.6 is 0 Å². The zero-order valence-electron chi connectivity index (χ0n) is 18.5. The van der Waals surface area contributed by atoms with Gasteiger partial charge >= 0.3 is 6.18 Å². The maximum Gasteiger partial charge on any atom is 0.417 e. The molecule has 3 rings (SSSR count). The molecule has 0 unspecified atom stereocenters. The van der Waals surface area contributed by atoms with E-state index in [1.807, 2.05) is 50.2 Å². The van der Waals surface area contributed by atoms with Gasteiger partial charge in [0.25, 0.3) is 0 Å². The first-order chi connectivity index (χ1) is 14.7. The van der Waals surface area contributed by atoms with Crippen LogP contribution in [0.25, 0.3) is 21.9 Å². The molecule has 4 heteroatoms. The molecule has 0 saturated heterocycles. The highest BCUT2D eigenvalue weighted by Crippen LogP contribution is 2.45. The Morgan fingerprint density at radius 2 is 1.65 bits per heavy atom. The predicted molar refractivity (Wildman–Crippen MR) is 127 cm³/mol. The van der Waals surface area contributed by atoms with Crippen molar-refractivity contribution in [1.82, 2.24) is 0 Å². The second-order valence-electron chi connectivity index (χ2n) is 7.96. The second kappa shape index (κ2) is 9.01. The van der Waals surface area contributed by atoms with E-state index in [1.165, 1.54) is 6.08 Å². The highest BCUT2D eigenvalue weighted by atomic mass is 19.4. The lowest BCUT2D eigenvalue weighted by Gasteiger charge is -2.24. The Balaban J connectivity index is 2.45. The molecular formula is C27H28F3N. The maximum atomic E-state index is 14.6. The fraction of sp³-hybridized carbons (Fsp3) is 0.259. The van der Waals surface area contributed by atoms with Gasteiger partial charge in [0.15, 0.2) is 0 Å². The quantitative estimate of drug-likeness (QED) is 0.288. The second-order valence-corrected chi connectivity index (χ2v) is 7.96. The molecule has 0 saturated carbocycles. The number of benzene rings is 3. The lowest BCUT2D eigenvalue weighted by atomic mass is 9.88. The van der Waals surface area contributed by atoms with E-state index in [4.69, 9.17) is 0 Å². The van der Waals surface area contributed by atoms with Crippen LogP contribution in [0.4, 0.5) is 18.9 Å². The van der Waals surface area contributed by atoms with E-state index in [0.29, 0.717) is 11.3 Å². The number of rotatable bonds is 6. The molecule has 0 bridgehead atoms. The molecule has 0 radical (unpaired) electrons. The van der Waals surface area contributed by atoms with Crippen molar-refractivity contribution in [3.8, 4) is 0 Å². The Morgan fingerprint density at radius 1 is 0.968 bits per heavy atom. The lowest BCUT2D eigenvalue weighted by Crippen LogP contribution is -2.18. The Kier molecular flexibility index (Phi) is 6.59. The molecule has 0 aliphatic carbocycles. The molecule has 3 aromatic carbocycles. The van der Waals surface area contributed by atoms with Gasteiger partial charge in [0, 0.05) is 25.3 Å². The van der Waals surface area contributed by atoms with Crippen LogP contribution in [0.5, 0.6) is 0 Å². The Bertz CT molecular complexity index is 1140. The van der Waals surface area contributed by atoms with Gasteiger partial charge in [-0.2, -0.15) is 13.2 Å². The van der Waals surface area contributed by atoms with Crippen molar-refractivity contribution >= 4 is 27.6 Å². The van der Waals surface area contributed by atoms with Crippen molar-refractivity contribution in [2.24, 2.45) is 0 Å².